The number of piperidine rings is 1. The fourth-order valence-electron chi connectivity index (χ4n) is 2.68. The lowest BCUT2D eigenvalue weighted by Crippen LogP contribution is -2.46. The predicted molar refractivity (Wildman–Crippen MR) is 69.0 cm³/mol. The van der Waals surface area contributed by atoms with Crippen LogP contribution in [0.25, 0.3) is 0 Å². The van der Waals surface area contributed by atoms with Crippen molar-refractivity contribution in [2.75, 3.05) is 19.7 Å². The third kappa shape index (κ3) is 3.12. The Balaban J connectivity index is 2.20. The molecular weight excluding hydrogens is 287 g/mol. The predicted octanol–water partition coefficient (Wildman–Crippen LogP) is 2.71. The Bertz CT molecular complexity index is 505. The van der Waals surface area contributed by atoms with Crippen molar-refractivity contribution < 1.29 is 28.2 Å². The second-order valence-electron chi connectivity index (χ2n) is 5.28. The van der Waals surface area contributed by atoms with Crippen LogP contribution in [0.1, 0.15) is 24.0 Å². The summed E-state index contributed by atoms with van der Waals surface area (Å²) in [4.78, 5) is 12.1. The van der Waals surface area contributed by atoms with Crippen LogP contribution in [0.15, 0.2) is 24.3 Å². The van der Waals surface area contributed by atoms with E-state index < -0.39 is 23.2 Å². The normalized spacial score (nSPS) is 18.6. The zero-order valence-corrected chi connectivity index (χ0v) is 11.2. The molecule has 4 nitrogen and oxygen atoms in total. The molecule has 7 heteroatoms. The van der Waals surface area contributed by atoms with Crippen molar-refractivity contribution in [1.82, 2.24) is 4.90 Å². The molecule has 1 saturated heterocycles. The molecule has 0 unspecified atom stereocenters. The van der Waals surface area contributed by atoms with Gasteiger partial charge in [0.05, 0.1) is 12.2 Å². The topological polar surface area (TPSA) is 60.8 Å². The Kier molecular flexibility index (Phi) is 4.13. The number of carboxylic acid groups (broad SMARTS) is 1. The van der Waals surface area contributed by atoms with Crippen LogP contribution in [0.4, 0.5) is 18.0 Å². The number of alkyl halides is 3. The Morgan fingerprint density at radius 3 is 2.10 bits per heavy atom. The molecule has 1 heterocycles. The SMILES string of the molecule is O=C(O)N1CCC(CO)(c2ccc(C(F)(F)F)cc2)CC1. The molecule has 1 amide bonds. The van der Waals surface area contributed by atoms with E-state index in [1.807, 2.05) is 0 Å². The van der Waals surface area contributed by atoms with Gasteiger partial charge in [-0.2, -0.15) is 13.2 Å². The molecule has 0 aliphatic carbocycles. The molecule has 0 bridgehead atoms. The van der Waals surface area contributed by atoms with Crippen LogP contribution in [-0.4, -0.2) is 40.9 Å². The summed E-state index contributed by atoms with van der Waals surface area (Å²) in [6, 6.07) is 4.73. The van der Waals surface area contributed by atoms with E-state index in [0.29, 0.717) is 18.4 Å². The van der Waals surface area contributed by atoms with Gasteiger partial charge in [0.2, 0.25) is 0 Å². The summed E-state index contributed by atoms with van der Waals surface area (Å²) >= 11 is 0. The zero-order chi connectivity index (χ0) is 15.7. The quantitative estimate of drug-likeness (QED) is 0.883. The summed E-state index contributed by atoms with van der Waals surface area (Å²) in [6.45, 7) is 0.305. The molecule has 1 aliphatic heterocycles. The third-order valence-electron chi connectivity index (χ3n) is 4.12. The number of likely N-dealkylation sites (tertiary alicyclic amines) is 1. The largest absolute Gasteiger partial charge is 0.465 e. The molecule has 21 heavy (non-hydrogen) atoms. The van der Waals surface area contributed by atoms with E-state index in [0.717, 1.165) is 12.1 Å². The number of hydrogen-bond acceptors (Lipinski definition) is 2. The molecule has 0 aromatic heterocycles. The van der Waals surface area contributed by atoms with Gasteiger partial charge in [-0.15, -0.1) is 0 Å². The fraction of sp³-hybridized carbons (Fsp3) is 0.500. The Morgan fingerprint density at radius 1 is 1.19 bits per heavy atom. The Labute approximate surface area is 119 Å². The van der Waals surface area contributed by atoms with E-state index in [-0.39, 0.29) is 19.7 Å². The van der Waals surface area contributed by atoms with Crippen molar-refractivity contribution in [3.05, 3.63) is 35.4 Å². The van der Waals surface area contributed by atoms with Crippen molar-refractivity contribution in [2.45, 2.75) is 24.4 Å². The van der Waals surface area contributed by atoms with Crippen molar-refractivity contribution in [1.29, 1.82) is 0 Å². The summed E-state index contributed by atoms with van der Waals surface area (Å²) in [5.41, 5.74) is -0.791. The van der Waals surface area contributed by atoms with E-state index in [9.17, 15) is 23.1 Å². The van der Waals surface area contributed by atoms with E-state index in [4.69, 9.17) is 5.11 Å². The van der Waals surface area contributed by atoms with Gasteiger partial charge >= 0.3 is 12.3 Å². The Hall–Kier alpha value is -1.76. The maximum Gasteiger partial charge on any atom is 0.416 e. The van der Waals surface area contributed by atoms with Crippen LogP contribution in [0.3, 0.4) is 0 Å². The zero-order valence-electron chi connectivity index (χ0n) is 11.2. The van der Waals surface area contributed by atoms with Gasteiger partial charge in [0.1, 0.15) is 0 Å². The molecular formula is C14H16F3NO3. The van der Waals surface area contributed by atoms with Crippen molar-refractivity contribution in [3.63, 3.8) is 0 Å². The number of benzene rings is 1. The highest BCUT2D eigenvalue weighted by Gasteiger charge is 2.38. The van der Waals surface area contributed by atoms with Gasteiger partial charge in [-0.1, -0.05) is 12.1 Å². The van der Waals surface area contributed by atoms with Gasteiger partial charge in [0.25, 0.3) is 0 Å². The minimum atomic E-state index is -4.39. The highest BCUT2D eigenvalue weighted by Crippen LogP contribution is 2.37. The third-order valence-corrected chi connectivity index (χ3v) is 4.12. The van der Waals surface area contributed by atoms with E-state index in [1.54, 1.807) is 0 Å². The number of nitrogens with zero attached hydrogens (tertiary/aromatic N) is 1. The average Bonchev–Trinajstić information content (AvgIpc) is 2.46. The lowest BCUT2D eigenvalue weighted by molar-refractivity contribution is -0.137. The molecule has 0 spiro atoms. The number of aliphatic hydroxyl groups excluding tert-OH is 1. The summed E-state index contributed by atoms with van der Waals surface area (Å²) in [5, 5.41) is 18.6. The number of aliphatic hydroxyl groups is 1. The maximum absolute atomic E-state index is 12.6. The molecule has 1 aromatic carbocycles. The van der Waals surface area contributed by atoms with Crippen LogP contribution in [0.5, 0.6) is 0 Å². The first-order valence-corrected chi connectivity index (χ1v) is 6.55. The monoisotopic (exact) mass is 303 g/mol. The van der Waals surface area contributed by atoms with Crippen LogP contribution in [0, 0.1) is 0 Å². The first-order chi connectivity index (χ1) is 9.78. The van der Waals surface area contributed by atoms with Gasteiger partial charge in [-0.3, -0.25) is 0 Å². The maximum atomic E-state index is 12.6. The molecule has 2 rings (SSSR count). The second kappa shape index (κ2) is 5.55. The average molecular weight is 303 g/mol. The van der Waals surface area contributed by atoms with Crippen LogP contribution < -0.4 is 0 Å². The first kappa shape index (κ1) is 15.6. The second-order valence-corrected chi connectivity index (χ2v) is 5.28. The number of hydrogen-bond donors (Lipinski definition) is 2. The van der Waals surface area contributed by atoms with E-state index in [2.05, 4.69) is 0 Å². The van der Waals surface area contributed by atoms with Crippen molar-refractivity contribution >= 4 is 6.09 Å². The molecule has 116 valence electrons. The van der Waals surface area contributed by atoms with E-state index >= 15 is 0 Å². The number of halogens is 3. The first-order valence-electron chi connectivity index (χ1n) is 6.55. The molecule has 0 saturated carbocycles. The molecule has 0 radical (unpaired) electrons. The lowest BCUT2D eigenvalue weighted by Gasteiger charge is -2.40. The fourth-order valence-corrected chi connectivity index (χ4v) is 2.68. The van der Waals surface area contributed by atoms with Crippen molar-refractivity contribution in [2.24, 2.45) is 0 Å². The molecule has 0 atom stereocenters. The highest BCUT2D eigenvalue weighted by atomic mass is 19.4. The van der Waals surface area contributed by atoms with Gasteiger partial charge in [-0.05, 0) is 30.5 Å². The summed E-state index contributed by atoms with van der Waals surface area (Å²) < 4.78 is 37.7. The van der Waals surface area contributed by atoms with Gasteiger partial charge in [0, 0.05) is 18.5 Å². The van der Waals surface area contributed by atoms with Gasteiger partial charge < -0.3 is 15.1 Å². The summed E-state index contributed by atoms with van der Waals surface area (Å²) in [5.74, 6) is 0. The summed E-state index contributed by atoms with van der Waals surface area (Å²) in [6.07, 6.45) is -4.63. The van der Waals surface area contributed by atoms with Crippen LogP contribution >= 0.6 is 0 Å². The highest BCUT2D eigenvalue weighted by molar-refractivity contribution is 5.65. The molecule has 2 N–H and O–H groups in total. The van der Waals surface area contributed by atoms with Gasteiger partial charge in [-0.25, -0.2) is 4.79 Å². The minimum absolute atomic E-state index is 0.216. The molecule has 1 aliphatic rings. The summed E-state index contributed by atoms with van der Waals surface area (Å²) in [7, 11) is 0. The molecule has 1 fully saturated rings. The van der Waals surface area contributed by atoms with Crippen LogP contribution in [0.2, 0.25) is 0 Å². The molecule has 1 aromatic rings. The van der Waals surface area contributed by atoms with Crippen LogP contribution in [-0.2, 0) is 11.6 Å². The minimum Gasteiger partial charge on any atom is -0.465 e. The van der Waals surface area contributed by atoms with E-state index in [1.165, 1.54) is 17.0 Å². The number of rotatable bonds is 2. The lowest BCUT2D eigenvalue weighted by atomic mass is 9.73. The standard InChI is InChI=1S/C14H16F3NO3/c15-14(16,17)11-3-1-10(2-4-11)13(9-19)5-7-18(8-6-13)12(20)21/h1-4,19H,5-9H2,(H,20,21). The number of carbonyl (C=O) groups is 1. The van der Waals surface area contributed by atoms with Crippen molar-refractivity contribution in [3.8, 4) is 0 Å². The number of amides is 1. The van der Waals surface area contributed by atoms with Gasteiger partial charge in [0.15, 0.2) is 0 Å². The Morgan fingerprint density at radius 2 is 1.71 bits per heavy atom. The smallest absolute Gasteiger partial charge is 0.416 e.